The summed E-state index contributed by atoms with van der Waals surface area (Å²) < 4.78 is 8.12. The molecule has 222 valence electrons. The number of carbonyl (C=O) groups is 1. The highest BCUT2D eigenvalue weighted by Crippen LogP contribution is 2.40. The van der Waals surface area contributed by atoms with E-state index in [1.54, 1.807) is 6.20 Å². The maximum atomic E-state index is 12.3. The number of fused-ring (bicyclic) bond motifs is 1. The standard InChI is InChI=1S/C29H35N7O2.C4H8/c1-7-27(37)32-24-17-20(18-26(38-8-2)28(24)35(5)16-15-34(3)4)31-29-30-14-13-23(33-29)22-19-36(6)25-12-10-9-11-21(22)25;1-2-4-3-1/h7,9-14,17-19H,1,8,15-16H2,2-6H3,(H,32,37)(H,30,31,33);1-4H2. The quantitative estimate of drug-likeness (QED) is 0.201. The second-order valence-electron chi connectivity index (χ2n) is 10.7. The van der Waals surface area contributed by atoms with Crippen LogP contribution in [-0.2, 0) is 11.8 Å². The van der Waals surface area contributed by atoms with Crippen molar-refractivity contribution in [3.63, 3.8) is 0 Å². The van der Waals surface area contributed by atoms with Gasteiger partial charge in [-0.2, -0.15) is 0 Å². The van der Waals surface area contributed by atoms with E-state index in [2.05, 4.69) is 54.9 Å². The van der Waals surface area contributed by atoms with E-state index < -0.39 is 0 Å². The average Bonchev–Trinajstić information content (AvgIpc) is 3.27. The van der Waals surface area contributed by atoms with Crippen LogP contribution in [0.4, 0.5) is 23.0 Å². The van der Waals surface area contributed by atoms with E-state index >= 15 is 0 Å². The van der Waals surface area contributed by atoms with E-state index in [4.69, 9.17) is 9.72 Å². The number of amides is 1. The lowest BCUT2D eigenvalue weighted by molar-refractivity contribution is -0.111. The number of likely N-dealkylation sites (N-methyl/N-ethyl adjacent to an activating group) is 2. The molecule has 2 aromatic carbocycles. The first-order valence-corrected chi connectivity index (χ1v) is 14.5. The third-order valence-electron chi connectivity index (χ3n) is 7.17. The molecular weight excluding hydrogens is 526 g/mol. The Morgan fingerprint density at radius 3 is 2.50 bits per heavy atom. The molecule has 0 aliphatic heterocycles. The van der Waals surface area contributed by atoms with Gasteiger partial charge in [-0.3, -0.25) is 4.79 Å². The number of nitrogens with zero attached hydrogens (tertiary/aromatic N) is 5. The van der Waals surface area contributed by atoms with Crippen LogP contribution in [0.25, 0.3) is 22.2 Å². The molecule has 9 heteroatoms. The summed E-state index contributed by atoms with van der Waals surface area (Å²) in [4.78, 5) is 25.7. The van der Waals surface area contributed by atoms with Crippen molar-refractivity contribution < 1.29 is 9.53 Å². The molecule has 2 aromatic heterocycles. The lowest BCUT2D eigenvalue weighted by atomic mass is 10.0. The molecule has 42 heavy (non-hydrogen) atoms. The molecule has 5 rings (SSSR count). The molecule has 1 aliphatic carbocycles. The first kappa shape index (κ1) is 30.6. The Bertz CT molecular complexity index is 1500. The highest BCUT2D eigenvalue weighted by Gasteiger charge is 2.19. The van der Waals surface area contributed by atoms with Crippen LogP contribution >= 0.6 is 0 Å². The van der Waals surface area contributed by atoms with E-state index in [0.717, 1.165) is 40.9 Å². The van der Waals surface area contributed by atoms with Crippen molar-refractivity contribution in [3.8, 4) is 17.0 Å². The van der Waals surface area contributed by atoms with Crippen LogP contribution < -0.4 is 20.3 Å². The number of ether oxygens (including phenoxy) is 1. The van der Waals surface area contributed by atoms with E-state index in [0.29, 0.717) is 29.7 Å². The summed E-state index contributed by atoms with van der Waals surface area (Å²) in [6, 6.07) is 13.9. The summed E-state index contributed by atoms with van der Waals surface area (Å²) in [6.45, 7) is 7.59. The fraction of sp³-hybridized carbons (Fsp3) is 0.364. The lowest BCUT2D eigenvalue weighted by Crippen LogP contribution is -2.29. The Balaban J connectivity index is 0.000000932. The van der Waals surface area contributed by atoms with Crippen LogP contribution in [0, 0.1) is 0 Å². The van der Waals surface area contributed by atoms with Crippen molar-refractivity contribution in [2.24, 2.45) is 7.05 Å². The predicted octanol–water partition coefficient (Wildman–Crippen LogP) is 6.46. The van der Waals surface area contributed by atoms with Crippen molar-refractivity contribution in [3.05, 3.63) is 67.5 Å². The SMILES string of the molecule is C1CCC1.C=CC(=O)Nc1cc(Nc2nccc(-c3cn(C)c4ccccc34)n2)cc(OCC)c1N(C)CCN(C)C. The number of hydrogen-bond donors (Lipinski definition) is 2. The maximum Gasteiger partial charge on any atom is 0.247 e. The lowest BCUT2D eigenvalue weighted by Gasteiger charge is -2.27. The normalized spacial score (nSPS) is 12.2. The van der Waals surface area contributed by atoms with E-state index in [9.17, 15) is 4.79 Å². The van der Waals surface area contributed by atoms with Gasteiger partial charge in [-0.15, -0.1) is 0 Å². The maximum absolute atomic E-state index is 12.3. The summed E-state index contributed by atoms with van der Waals surface area (Å²) >= 11 is 0. The predicted molar refractivity (Wildman–Crippen MR) is 174 cm³/mol. The largest absolute Gasteiger partial charge is 0.492 e. The topological polar surface area (TPSA) is 87.5 Å². The van der Waals surface area contributed by atoms with Crippen molar-refractivity contribution in [1.29, 1.82) is 0 Å². The number of rotatable bonds is 11. The van der Waals surface area contributed by atoms with Gasteiger partial charge in [-0.1, -0.05) is 50.5 Å². The molecule has 1 aliphatic rings. The Hall–Kier alpha value is -4.37. The third-order valence-corrected chi connectivity index (χ3v) is 7.17. The monoisotopic (exact) mass is 569 g/mol. The van der Waals surface area contributed by atoms with Gasteiger partial charge in [0.1, 0.15) is 11.4 Å². The molecule has 0 spiro atoms. The van der Waals surface area contributed by atoms with Gasteiger partial charge in [-0.05, 0) is 45.3 Å². The van der Waals surface area contributed by atoms with Gasteiger partial charge in [0.25, 0.3) is 0 Å². The summed E-state index contributed by atoms with van der Waals surface area (Å²) in [7, 11) is 8.06. The summed E-state index contributed by atoms with van der Waals surface area (Å²) in [5, 5.41) is 7.36. The Kier molecular flexibility index (Phi) is 10.6. The van der Waals surface area contributed by atoms with Crippen LogP contribution in [0.2, 0.25) is 0 Å². The fourth-order valence-corrected chi connectivity index (χ4v) is 4.57. The van der Waals surface area contributed by atoms with Crippen molar-refractivity contribution >= 4 is 39.8 Å². The number of hydrogen-bond acceptors (Lipinski definition) is 7. The molecule has 0 bridgehead atoms. The summed E-state index contributed by atoms with van der Waals surface area (Å²) in [6.07, 6.45) is 11.1. The summed E-state index contributed by atoms with van der Waals surface area (Å²) in [5.74, 6) is 0.775. The van der Waals surface area contributed by atoms with E-state index in [-0.39, 0.29) is 5.91 Å². The Morgan fingerprint density at radius 2 is 1.83 bits per heavy atom. The number of carbonyl (C=O) groups excluding carboxylic acids is 1. The van der Waals surface area contributed by atoms with Gasteiger partial charge in [0.15, 0.2) is 0 Å². The molecule has 0 atom stereocenters. The second-order valence-corrected chi connectivity index (χ2v) is 10.7. The first-order valence-electron chi connectivity index (χ1n) is 14.5. The highest BCUT2D eigenvalue weighted by atomic mass is 16.5. The zero-order valence-electron chi connectivity index (χ0n) is 25.5. The summed E-state index contributed by atoms with van der Waals surface area (Å²) in [5.41, 5.74) is 5.06. The Labute approximate surface area is 249 Å². The highest BCUT2D eigenvalue weighted by molar-refractivity contribution is 6.02. The number of aryl methyl sites for hydroxylation is 1. The molecule has 1 fully saturated rings. The molecular formula is C33H43N7O2. The minimum atomic E-state index is -0.305. The molecule has 9 nitrogen and oxygen atoms in total. The minimum absolute atomic E-state index is 0.305. The Morgan fingerprint density at radius 1 is 1.10 bits per heavy atom. The van der Waals surface area contributed by atoms with Gasteiger partial charge in [0.05, 0.1) is 18.0 Å². The van der Waals surface area contributed by atoms with Crippen molar-refractivity contribution in [1.82, 2.24) is 19.4 Å². The van der Waals surface area contributed by atoms with Gasteiger partial charge < -0.3 is 29.7 Å². The molecule has 4 aromatic rings. The average molecular weight is 570 g/mol. The van der Waals surface area contributed by atoms with Crippen LogP contribution in [0.5, 0.6) is 5.75 Å². The van der Waals surface area contributed by atoms with Crippen LogP contribution in [0.15, 0.2) is 67.5 Å². The molecule has 0 unspecified atom stereocenters. The molecule has 2 N–H and O–H groups in total. The number of para-hydroxylation sites is 1. The van der Waals surface area contributed by atoms with Crippen molar-refractivity contribution in [2.45, 2.75) is 32.6 Å². The van der Waals surface area contributed by atoms with Crippen molar-refractivity contribution in [2.75, 3.05) is 56.4 Å². The van der Waals surface area contributed by atoms with Crippen LogP contribution in [0.1, 0.15) is 32.6 Å². The number of aromatic nitrogens is 3. The van der Waals surface area contributed by atoms with Crippen LogP contribution in [0.3, 0.4) is 0 Å². The van der Waals surface area contributed by atoms with Gasteiger partial charge in [0, 0.05) is 67.8 Å². The smallest absolute Gasteiger partial charge is 0.247 e. The second kappa shape index (κ2) is 14.5. The van der Waals surface area contributed by atoms with Gasteiger partial charge >= 0.3 is 0 Å². The minimum Gasteiger partial charge on any atom is -0.492 e. The number of benzene rings is 2. The molecule has 0 saturated heterocycles. The van der Waals surface area contributed by atoms with E-state index in [1.807, 2.05) is 65.4 Å². The molecule has 1 amide bonds. The van der Waals surface area contributed by atoms with Gasteiger partial charge in [0.2, 0.25) is 11.9 Å². The molecule has 1 saturated carbocycles. The first-order chi connectivity index (χ1) is 20.3. The zero-order chi connectivity index (χ0) is 30.1. The number of anilines is 4. The van der Waals surface area contributed by atoms with Gasteiger partial charge in [-0.25, -0.2) is 9.97 Å². The number of nitrogens with one attached hydrogen (secondary N) is 2. The van der Waals surface area contributed by atoms with Crippen LogP contribution in [-0.4, -0.2) is 66.2 Å². The molecule has 2 heterocycles. The van der Waals surface area contributed by atoms with E-state index in [1.165, 1.54) is 31.8 Å². The third kappa shape index (κ3) is 7.67. The fourth-order valence-electron chi connectivity index (χ4n) is 4.57. The zero-order valence-corrected chi connectivity index (χ0v) is 25.5. The molecule has 0 radical (unpaired) electrons.